The van der Waals surface area contributed by atoms with Gasteiger partial charge in [0.1, 0.15) is 11.8 Å². The number of allylic oxidation sites excluding steroid dienone is 1. The average molecular weight is 225 g/mol. The first-order chi connectivity index (χ1) is 7.13. The van der Waals surface area contributed by atoms with Gasteiger partial charge in [0, 0.05) is 18.4 Å². The van der Waals surface area contributed by atoms with Crippen LogP contribution in [-0.2, 0) is 4.74 Å². The van der Waals surface area contributed by atoms with Crippen LogP contribution in [0.3, 0.4) is 0 Å². The van der Waals surface area contributed by atoms with Gasteiger partial charge >= 0.3 is 0 Å². The van der Waals surface area contributed by atoms with Crippen LogP contribution in [0, 0.1) is 0 Å². The highest BCUT2D eigenvalue weighted by molar-refractivity contribution is 7.84. The predicted molar refractivity (Wildman–Crippen MR) is 60.2 cm³/mol. The van der Waals surface area contributed by atoms with Crippen LogP contribution >= 0.6 is 12.6 Å². The number of hydrogen-bond donors (Lipinski definition) is 1. The molecular weight excluding hydrogens is 212 g/mol. The summed E-state index contributed by atoms with van der Waals surface area (Å²) in [6.07, 6.45) is 1.87. The summed E-state index contributed by atoms with van der Waals surface area (Å²) < 4.78 is 5.01. The molecule has 1 N–H and O–H groups in total. The maximum Gasteiger partial charge on any atom is 0.167 e. The van der Waals surface area contributed by atoms with Gasteiger partial charge in [0.25, 0.3) is 0 Å². The summed E-state index contributed by atoms with van der Waals surface area (Å²) in [4.78, 5) is 4.43. The quantitative estimate of drug-likeness (QED) is 0.769. The van der Waals surface area contributed by atoms with Crippen molar-refractivity contribution >= 4 is 18.3 Å². The van der Waals surface area contributed by atoms with Crippen LogP contribution in [0.1, 0.15) is 13.8 Å². The molecule has 0 saturated carbocycles. The molecule has 2 rings (SSSR count). The number of fused-ring (bicyclic) bond motifs is 1. The molecule has 0 saturated heterocycles. The zero-order chi connectivity index (χ0) is 11.0. The number of rotatable bonds is 2. The van der Waals surface area contributed by atoms with Crippen molar-refractivity contribution in [1.29, 1.82) is 0 Å². The largest absolute Gasteiger partial charge is 0.363 e. The Morgan fingerprint density at radius 1 is 1.53 bits per heavy atom. The fourth-order valence-corrected chi connectivity index (χ4v) is 1.70. The van der Waals surface area contributed by atoms with Crippen LogP contribution in [0.4, 0.5) is 0 Å². The highest BCUT2D eigenvalue weighted by atomic mass is 32.1. The van der Waals surface area contributed by atoms with Gasteiger partial charge in [-0.05, 0) is 13.8 Å². The van der Waals surface area contributed by atoms with E-state index in [0.29, 0.717) is 6.73 Å². The van der Waals surface area contributed by atoms with Gasteiger partial charge in [0.2, 0.25) is 0 Å². The first-order valence-electron chi connectivity index (χ1n) is 4.61. The summed E-state index contributed by atoms with van der Waals surface area (Å²) in [7, 11) is 1.64. The molecular formula is C9H13N4OS. The summed E-state index contributed by atoms with van der Waals surface area (Å²) in [5, 5.41) is 4.32. The summed E-state index contributed by atoms with van der Waals surface area (Å²) in [6, 6.07) is 0. The van der Waals surface area contributed by atoms with E-state index in [2.05, 4.69) is 10.5 Å². The normalized spacial score (nSPS) is 20.5. The van der Waals surface area contributed by atoms with Gasteiger partial charge in [0.15, 0.2) is 5.82 Å². The lowest BCUT2D eigenvalue weighted by Gasteiger charge is -2.26. The Labute approximate surface area is 94.4 Å². The summed E-state index contributed by atoms with van der Waals surface area (Å²) >= 11 is 5.32. The third-order valence-electron chi connectivity index (χ3n) is 2.35. The monoisotopic (exact) mass is 225 g/mol. The third-order valence-corrected chi connectivity index (χ3v) is 2.83. The number of nitrogens with one attached hydrogen (secondary N) is 1. The van der Waals surface area contributed by atoms with Crippen LogP contribution in [0.15, 0.2) is 27.6 Å². The second-order valence-electron chi connectivity index (χ2n) is 3.44. The second-order valence-corrected chi connectivity index (χ2v) is 3.82. The van der Waals surface area contributed by atoms with E-state index >= 15 is 0 Å². The molecule has 2 heterocycles. The van der Waals surface area contributed by atoms with Gasteiger partial charge < -0.3 is 4.74 Å². The van der Waals surface area contributed by atoms with Gasteiger partial charge in [-0.15, -0.1) is 5.53 Å². The van der Waals surface area contributed by atoms with Crippen molar-refractivity contribution in [3.05, 3.63) is 22.6 Å². The first-order valence-corrected chi connectivity index (χ1v) is 5.01. The van der Waals surface area contributed by atoms with E-state index < -0.39 is 0 Å². The fourth-order valence-electron chi connectivity index (χ4n) is 1.42. The lowest BCUT2D eigenvalue weighted by molar-refractivity contribution is 0.0361. The maximum absolute atomic E-state index is 5.32. The molecule has 6 heteroatoms. The van der Waals surface area contributed by atoms with Crippen molar-refractivity contribution in [2.75, 3.05) is 13.8 Å². The molecule has 0 amide bonds. The van der Waals surface area contributed by atoms with Crippen molar-refractivity contribution in [1.82, 2.24) is 15.6 Å². The topological polar surface area (TPSA) is 40.1 Å². The SMILES string of the molecule is COCN1C=C2N=C(C)C(C)=C([S])N2N1. The Bertz CT molecular complexity index is 374. The Hall–Kier alpha value is -1.11. The summed E-state index contributed by atoms with van der Waals surface area (Å²) in [6.45, 7) is 4.38. The van der Waals surface area contributed by atoms with Crippen molar-refractivity contribution in [3.8, 4) is 0 Å². The molecule has 1 radical (unpaired) electrons. The van der Waals surface area contributed by atoms with Crippen LogP contribution < -0.4 is 5.53 Å². The number of aliphatic imine (C=N–C) groups is 1. The minimum atomic E-state index is 0.455. The summed E-state index contributed by atoms with van der Waals surface area (Å²) in [5.41, 5.74) is 5.06. The van der Waals surface area contributed by atoms with Crippen LogP contribution in [0.2, 0.25) is 0 Å². The number of nitrogens with zero attached hydrogens (tertiary/aromatic N) is 3. The molecule has 2 aliphatic rings. The Kier molecular flexibility index (Phi) is 2.64. The minimum Gasteiger partial charge on any atom is -0.363 e. The molecule has 0 spiro atoms. The molecule has 15 heavy (non-hydrogen) atoms. The number of hydrazine groups is 2. The van der Waals surface area contributed by atoms with E-state index in [1.165, 1.54) is 0 Å². The van der Waals surface area contributed by atoms with E-state index in [-0.39, 0.29) is 0 Å². The van der Waals surface area contributed by atoms with E-state index in [1.54, 1.807) is 17.1 Å². The molecule has 2 aliphatic heterocycles. The number of ether oxygens (including phenoxy) is 1. The molecule has 0 bridgehead atoms. The third kappa shape index (κ3) is 1.71. The van der Waals surface area contributed by atoms with Gasteiger partial charge in [0.05, 0.1) is 6.20 Å². The highest BCUT2D eigenvalue weighted by Crippen LogP contribution is 2.28. The second kappa shape index (κ2) is 3.80. The highest BCUT2D eigenvalue weighted by Gasteiger charge is 2.27. The fraction of sp³-hybridized carbons (Fsp3) is 0.444. The van der Waals surface area contributed by atoms with Gasteiger partial charge in [-0.25, -0.2) is 10.0 Å². The zero-order valence-electron chi connectivity index (χ0n) is 8.94. The van der Waals surface area contributed by atoms with Gasteiger partial charge in [-0.2, -0.15) is 0 Å². The maximum atomic E-state index is 5.32. The smallest absolute Gasteiger partial charge is 0.167 e. The van der Waals surface area contributed by atoms with E-state index in [4.69, 9.17) is 17.4 Å². The van der Waals surface area contributed by atoms with Crippen LogP contribution in [0.25, 0.3) is 0 Å². The minimum absolute atomic E-state index is 0.455. The Morgan fingerprint density at radius 3 is 2.93 bits per heavy atom. The van der Waals surface area contributed by atoms with E-state index in [1.807, 2.05) is 20.0 Å². The van der Waals surface area contributed by atoms with Crippen molar-refractivity contribution < 1.29 is 4.74 Å². The zero-order valence-corrected chi connectivity index (χ0v) is 9.76. The van der Waals surface area contributed by atoms with Gasteiger partial charge in [-0.1, -0.05) is 12.6 Å². The van der Waals surface area contributed by atoms with Crippen molar-refractivity contribution in [2.45, 2.75) is 13.8 Å². The van der Waals surface area contributed by atoms with E-state index in [9.17, 15) is 0 Å². The molecule has 0 fully saturated rings. The first kappa shape index (κ1) is 10.4. The molecule has 0 aromatic heterocycles. The number of hydrogen-bond acceptors (Lipinski definition) is 5. The van der Waals surface area contributed by atoms with Crippen molar-refractivity contribution in [3.63, 3.8) is 0 Å². The van der Waals surface area contributed by atoms with E-state index in [0.717, 1.165) is 22.1 Å². The molecule has 0 aromatic rings. The average Bonchev–Trinajstić information content (AvgIpc) is 2.58. The Balaban J connectivity index is 2.26. The summed E-state index contributed by atoms with van der Waals surface area (Å²) in [5.74, 6) is 0.806. The standard InChI is InChI=1S/C9H13N4OS/c1-6-7(2)10-8-4-12(5-14-3)11-13(8)9(6)15/h4,11H,5H2,1-3H3. The molecule has 81 valence electrons. The lowest BCUT2D eigenvalue weighted by Crippen LogP contribution is -2.41. The van der Waals surface area contributed by atoms with Crippen LogP contribution in [-0.4, -0.2) is 29.6 Å². The predicted octanol–water partition coefficient (Wildman–Crippen LogP) is 1.33. The lowest BCUT2D eigenvalue weighted by atomic mass is 10.2. The molecule has 5 nitrogen and oxygen atoms in total. The van der Waals surface area contributed by atoms with Gasteiger partial charge in [-0.3, -0.25) is 5.01 Å². The number of methoxy groups -OCH3 is 1. The van der Waals surface area contributed by atoms with Crippen molar-refractivity contribution in [2.24, 2.45) is 4.99 Å². The Morgan fingerprint density at radius 2 is 2.27 bits per heavy atom. The molecule has 0 unspecified atom stereocenters. The molecule has 0 aromatic carbocycles. The molecule has 0 aliphatic carbocycles. The molecule has 0 atom stereocenters. The van der Waals surface area contributed by atoms with Crippen LogP contribution in [0.5, 0.6) is 0 Å².